The molecule has 0 fully saturated rings. The van der Waals surface area contributed by atoms with Crippen molar-refractivity contribution in [1.82, 2.24) is 15.2 Å². The van der Waals surface area contributed by atoms with Crippen LogP contribution in [0.4, 0.5) is 0 Å². The van der Waals surface area contributed by atoms with Gasteiger partial charge in [0.2, 0.25) is 0 Å². The van der Waals surface area contributed by atoms with Crippen molar-refractivity contribution >= 4 is 39.7 Å². The largest absolute Gasteiger partial charge is 0.489 e. The smallest absolute Gasteiger partial charge is 0.290 e. The van der Waals surface area contributed by atoms with Crippen LogP contribution in [0.25, 0.3) is 0 Å². The summed E-state index contributed by atoms with van der Waals surface area (Å²) in [5.74, 6) is 0.394. The van der Waals surface area contributed by atoms with E-state index >= 15 is 0 Å². The predicted molar refractivity (Wildman–Crippen MR) is 108 cm³/mol. The van der Waals surface area contributed by atoms with Crippen molar-refractivity contribution in [2.24, 2.45) is 12.1 Å². The topological polar surface area (TPSA) is 68.5 Å². The van der Waals surface area contributed by atoms with Crippen molar-refractivity contribution in [1.29, 1.82) is 0 Å². The number of hydrazone groups is 1. The van der Waals surface area contributed by atoms with E-state index in [-0.39, 0.29) is 5.91 Å². The molecule has 0 unspecified atom stereocenters. The van der Waals surface area contributed by atoms with E-state index in [0.29, 0.717) is 21.8 Å². The number of rotatable bonds is 6. The number of carbonyl (C=O) groups excluding carboxylic acids is 1. The molecule has 0 radical (unpaired) electrons. The maximum absolute atomic E-state index is 12.1. The van der Waals surface area contributed by atoms with Gasteiger partial charge in [-0.15, -0.1) is 0 Å². The molecule has 1 N–H and O–H groups in total. The Labute approximate surface area is 169 Å². The maximum Gasteiger partial charge on any atom is 0.290 e. The molecule has 1 heterocycles. The van der Waals surface area contributed by atoms with E-state index in [1.165, 1.54) is 4.68 Å². The normalized spacial score (nSPS) is 10.9. The average molecular weight is 448 g/mol. The van der Waals surface area contributed by atoms with Crippen LogP contribution < -0.4 is 10.2 Å². The summed E-state index contributed by atoms with van der Waals surface area (Å²) in [7, 11) is 1.69. The van der Waals surface area contributed by atoms with Crippen molar-refractivity contribution in [3.05, 3.63) is 81.0 Å². The monoisotopic (exact) mass is 446 g/mol. The number of halogens is 2. The van der Waals surface area contributed by atoms with Crippen LogP contribution in [0.5, 0.6) is 5.75 Å². The quantitative estimate of drug-likeness (QED) is 0.455. The first-order chi connectivity index (χ1) is 13.0. The first-order valence-corrected chi connectivity index (χ1v) is 9.18. The van der Waals surface area contributed by atoms with Crippen LogP contribution in [0.3, 0.4) is 0 Å². The number of nitrogens with zero attached hydrogens (tertiary/aromatic N) is 3. The molecule has 6 nitrogen and oxygen atoms in total. The van der Waals surface area contributed by atoms with Crippen LogP contribution in [0.15, 0.2) is 64.3 Å². The van der Waals surface area contributed by atoms with Gasteiger partial charge in [-0.2, -0.15) is 10.2 Å². The predicted octanol–water partition coefficient (Wildman–Crippen LogP) is 4.18. The lowest BCUT2D eigenvalue weighted by atomic mass is 10.2. The van der Waals surface area contributed by atoms with Crippen LogP contribution in [0.2, 0.25) is 5.02 Å². The lowest BCUT2D eigenvalue weighted by Crippen LogP contribution is -2.21. The molecule has 3 aromatic rings. The summed E-state index contributed by atoms with van der Waals surface area (Å²) < 4.78 is 7.82. The maximum atomic E-state index is 12.1. The van der Waals surface area contributed by atoms with E-state index < -0.39 is 0 Å². The summed E-state index contributed by atoms with van der Waals surface area (Å²) in [6, 6.07) is 14.9. The van der Waals surface area contributed by atoms with E-state index in [1.54, 1.807) is 19.5 Å². The fourth-order valence-electron chi connectivity index (χ4n) is 2.28. The molecule has 0 bridgehead atoms. The average Bonchev–Trinajstić information content (AvgIpc) is 3.00. The molecule has 3 rings (SSSR count). The molecule has 0 saturated carbocycles. The molecule has 1 aromatic heterocycles. The summed E-state index contributed by atoms with van der Waals surface area (Å²) in [5.41, 5.74) is 4.75. The Morgan fingerprint density at radius 2 is 1.96 bits per heavy atom. The molecular formula is C19H16BrClN4O2. The first kappa shape index (κ1) is 19.1. The van der Waals surface area contributed by atoms with Gasteiger partial charge >= 0.3 is 0 Å². The minimum Gasteiger partial charge on any atom is -0.489 e. The Bertz CT molecular complexity index is 933. The standard InChI is InChI=1S/C19H16BrClN4O2/c1-25-18(17(20)11-23-25)19(26)24-22-10-13-4-8-16(9-5-13)27-12-14-2-6-15(21)7-3-14/h2-11H,12H2,1H3,(H,24,26)/b22-10-. The van der Waals surface area contributed by atoms with Crippen LogP contribution in [-0.4, -0.2) is 21.9 Å². The highest BCUT2D eigenvalue weighted by Gasteiger charge is 2.14. The van der Waals surface area contributed by atoms with Gasteiger partial charge in [0.25, 0.3) is 5.91 Å². The molecule has 8 heteroatoms. The number of nitrogens with one attached hydrogen (secondary N) is 1. The van der Waals surface area contributed by atoms with E-state index in [2.05, 4.69) is 31.6 Å². The Kier molecular flexibility index (Phi) is 6.26. The highest BCUT2D eigenvalue weighted by Crippen LogP contribution is 2.16. The zero-order valence-corrected chi connectivity index (χ0v) is 16.7. The van der Waals surface area contributed by atoms with Crippen molar-refractivity contribution in [3.63, 3.8) is 0 Å². The summed E-state index contributed by atoms with van der Waals surface area (Å²) >= 11 is 9.15. The summed E-state index contributed by atoms with van der Waals surface area (Å²) in [6.07, 6.45) is 3.12. The summed E-state index contributed by atoms with van der Waals surface area (Å²) in [4.78, 5) is 12.1. The number of aryl methyl sites for hydroxylation is 1. The molecule has 138 valence electrons. The van der Waals surface area contributed by atoms with Crippen LogP contribution in [0.1, 0.15) is 21.6 Å². The zero-order chi connectivity index (χ0) is 19.2. The molecule has 0 saturated heterocycles. The fraction of sp³-hybridized carbons (Fsp3) is 0.105. The lowest BCUT2D eigenvalue weighted by Gasteiger charge is -2.06. The van der Waals surface area contributed by atoms with E-state index in [0.717, 1.165) is 16.9 Å². The second-order valence-corrected chi connectivity index (χ2v) is 6.94. The third-order valence-electron chi connectivity index (χ3n) is 3.69. The van der Waals surface area contributed by atoms with Gasteiger partial charge in [-0.05, 0) is 63.5 Å². The van der Waals surface area contributed by atoms with Gasteiger partial charge in [-0.1, -0.05) is 23.7 Å². The third-order valence-corrected chi connectivity index (χ3v) is 4.52. The van der Waals surface area contributed by atoms with Gasteiger partial charge in [0.15, 0.2) is 0 Å². The zero-order valence-electron chi connectivity index (χ0n) is 14.4. The molecule has 2 aromatic carbocycles. The Balaban J connectivity index is 1.53. The molecule has 0 atom stereocenters. The first-order valence-electron chi connectivity index (χ1n) is 8.01. The second-order valence-electron chi connectivity index (χ2n) is 5.65. The Morgan fingerprint density at radius 1 is 1.26 bits per heavy atom. The van der Waals surface area contributed by atoms with Crippen LogP contribution >= 0.6 is 27.5 Å². The molecule has 1 amide bonds. The summed E-state index contributed by atoms with van der Waals surface area (Å²) in [6.45, 7) is 0.459. The van der Waals surface area contributed by atoms with Gasteiger partial charge in [0.1, 0.15) is 18.1 Å². The highest BCUT2D eigenvalue weighted by atomic mass is 79.9. The van der Waals surface area contributed by atoms with Crippen molar-refractivity contribution in [2.75, 3.05) is 0 Å². The van der Waals surface area contributed by atoms with Gasteiger partial charge in [-0.3, -0.25) is 9.48 Å². The molecule has 27 heavy (non-hydrogen) atoms. The van der Waals surface area contributed by atoms with Crippen molar-refractivity contribution < 1.29 is 9.53 Å². The lowest BCUT2D eigenvalue weighted by molar-refractivity contribution is 0.0945. The van der Waals surface area contributed by atoms with Crippen molar-refractivity contribution in [3.8, 4) is 5.75 Å². The van der Waals surface area contributed by atoms with E-state index in [9.17, 15) is 4.79 Å². The second kappa shape index (κ2) is 8.83. The number of hydrogen-bond donors (Lipinski definition) is 1. The number of benzene rings is 2. The SMILES string of the molecule is Cn1ncc(Br)c1C(=O)N/N=C\c1ccc(OCc2ccc(Cl)cc2)cc1. The Morgan fingerprint density at radius 3 is 2.59 bits per heavy atom. The van der Waals surface area contributed by atoms with Crippen LogP contribution in [-0.2, 0) is 13.7 Å². The fourth-order valence-corrected chi connectivity index (χ4v) is 2.94. The third kappa shape index (κ3) is 5.18. The van der Waals surface area contributed by atoms with E-state index in [4.69, 9.17) is 16.3 Å². The summed E-state index contributed by atoms with van der Waals surface area (Å²) in [5, 5.41) is 8.66. The number of hydrogen-bond acceptors (Lipinski definition) is 4. The van der Waals surface area contributed by atoms with Gasteiger partial charge in [0.05, 0.1) is 16.9 Å². The number of carbonyl (C=O) groups is 1. The molecule has 0 aliphatic rings. The Hall–Kier alpha value is -2.64. The molecule has 0 spiro atoms. The molecular weight excluding hydrogens is 432 g/mol. The number of aromatic nitrogens is 2. The van der Waals surface area contributed by atoms with Gasteiger partial charge in [-0.25, -0.2) is 5.43 Å². The molecule has 0 aliphatic heterocycles. The van der Waals surface area contributed by atoms with Crippen molar-refractivity contribution in [2.45, 2.75) is 6.61 Å². The number of amides is 1. The minimum absolute atomic E-state index is 0.346. The number of ether oxygens (including phenoxy) is 1. The van der Waals surface area contributed by atoms with Gasteiger partial charge < -0.3 is 4.74 Å². The van der Waals surface area contributed by atoms with E-state index in [1.807, 2.05) is 48.5 Å². The highest BCUT2D eigenvalue weighted by molar-refractivity contribution is 9.10. The van der Waals surface area contributed by atoms with Gasteiger partial charge in [0, 0.05) is 12.1 Å². The van der Waals surface area contributed by atoms with Crippen LogP contribution in [0, 0.1) is 0 Å². The molecule has 0 aliphatic carbocycles. The minimum atomic E-state index is -0.346.